The summed E-state index contributed by atoms with van der Waals surface area (Å²) in [6.45, 7) is 5.02. The fourth-order valence-corrected chi connectivity index (χ4v) is 3.13. The van der Waals surface area contributed by atoms with Crippen LogP contribution in [0.15, 0.2) is 52.1 Å². The Kier molecular flexibility index (Phi) is 9.33. The first-order valence-corrected chi connectivity index (χ1v) is 9.70. The maximum atomic E-state index is 12.0. The van der Waals surface area contributed by atoms with Gasteiger partial charge in [-0.1, -0.05) is 12.1 Å². The van der Waals surface area contributed by atoms with Gasteiger partial charge in [-0.3, -0.25) is 4.79 Å². The summed E-state index contributed by atoms with van der Waals surface area (Å²) in [4.78, 5) is 18.6. The Morgan fingerprint density at radius 3 is 2.68 bits per heavy atom. The van der Waals surface area contributed by atoms with Gasteiger partial charge < -0.3 is 20.0 Å². The Labute approximate surface area is 183 Å². The van der Waals surface area contributed by atoms with Gasteiger partial charge >= 0.3 is 0 Å². The molecule has 1 saturated heterocycles. The lowest BCUT2D eigenvalue weighted by molar-refractivity contribution is -0.119. The van der Waals surface area contributed by atoms with Crippen molar-refractivity contribution in [3.8, 4) is 0 Å². The molecule has 0 atom stereocenters. The summed E-state index contributed by atoms with van der Waals surface area (Å²) in [6, 6.07) is 12.0. The molecule has 28 heavy (non-hydrogen) atoms. The number of hydrogen-bond acceptors (Lipinski definition) is 3. The Bertz CT molecular complexity index is 744. The van der Waals surface area contributed by atoms with Crippen LogP contribution in [-0.4, -0.2) is 31.5 Å². The molecule has 0 aliphatic carbocycles. The summed E-state index contributed by atoms with van der Waals surface area (Å²) in [7, 11) is 0. The van der Waals surface area contributed by atoms with E-state index in [0.29, 0.717) is 13.0 Å². The molecule has 0 bridgehead atoms. The molecule has 1 aliphatic heterocycles. The Hall–Kier alpha value is -2.03. The van der Waals surface area contributed by atoms with Gasteiger partial charge in [0.05, 0.1) is 12.8 Å². The van der Waals surface area contributed by atoms with E-state index in [9.17, 15) is 4.79 Å². The average Bonchev–Trinajstić information content (AvgIpc) is 3.20. The van der Waals surface area contributed by atoms with E-state index < -0.39 is 0 Å². The third-order valence-electron chi connectivity index (χ3n) is 4.58. The lowest BCUT2D eigenvalue weighted by Crippen LogP contribution is -2.38. The standard InChI is InChI=1S/C21H28N4O2.HI/c1-2-22-21(23-13-12-19-6-5-15-27-19)24-16-17-8-10-18(11-9-17)25-14-4-3-7-20(25)26;/h5-6,8-11,15H,2-4,7,12-14,16H2,1H3,(H2,22,23,24);1H. The van der Waals surface area contributed by atoms with Crippen LogP contribution in [0.2, 0.25) is 0 Å². The molecule has 2 heterocycles. The lowest BCUT2D eigenvalue weighted by Gasteiger charge is -2.26. The SMILES string of the molecule is CCNC(=NCc1ccc(N2CCCCC2=O)cc1)NCCc1ccco1.I. The van der Waals surface area contributed by atoms with Gasteiger partial charge in [-0.15, -0.1) is 24.0 Å². The summed E-state index contributed by atoms with van der Waals surface area (Å²) < 4.78 is 5.35. The minimum absolute atomic E-state index is 0. The van der Waals surface area contributed by atoms with Crippen LogP contribution in [0, 0.1) is 0 Å². The monoisotopic (exact) mass is 496 g/mol. The van der Waals surface area contributed by atoms with E-state index >= 15 is 0 Å². The number of anilines is 1. The van der Waals surface area contributed by atoms with Crippen LogP contribution in [0.1, 0.15) is 37.5 Å². The van der Waals surface area contributed by atoms with Crippen molar-refractivity contribution < 1.29 is 9.21 Å². The van der Waals surface area contributed by atoms with Crippen LogP contribution < -0.4 is 15.5 Å². The van der Waals surface area contributed by atoms with Gasteiger partial charge in [-0.05, 0) is 49.6 Å². The van der Waals surface area contributed by atoms with E-state index in [4.69, 9.17) is 4.42 Å². The van der Waals surface area contributed by atoms with Crippen LogP contribution in [0.3, 0.4) is 0 Å². The molecule has 1 aromatic carbocycles. The number of carbonyl (C=O) groups excluding carboxylic acids is 1. The van der Waals surface area contributed by atoms with Crippen LogP contribution in [0.25, 0.3) is 0 Å². The average molecular weight is 496 g/mol. The zero-order chi connectivity index (χ0) is 18.9. The second-order valence-electron chi connectivity index (χ2n) is 6.62. The molecule has 2 N–H and O–H groups in total. The second kappa shape index (κ2) is 11.7. The number of halogens is 1. The number of carbonyl (C=O) groups is 1. The van der Waals surface area contributed by atoms with E-state index in [2.05, 4.69) is 15.6 Å². The minimum Gasteiger partial charge on any atom is -0.469 e. The molecule has 1 amide bonds. The van der Waals surface area contributed by atoms with Gasteiger partial charge in [0.2, 0.25) is 5.91 Å². The quantitative estimate of drug-likeness (QED) is 0.349. The van der Waals surface area contributed by atoms with Crippen molar-refractivity contribution >= 4 is 41.5 Å². The van der Waals surface area contributed by atoms with E-state index in [1.165, 1.54) is 0 Å². The van der Waals surface area contributed by atoms with Crippen LogP contribution in [-0.2, 0) is 17.8 Å². The van der Waals surface area contributed by atoms with Crippen molar-refractivity contribution in [1.82, 2.24) is 10.6 Å². The second-order valence-corrected chi connectivity index (χ2v) is 6.62. The molecular weight excluding hydrogens is 467 g/mol. The molecule has 6 nitrogen and oxygen atoms in total. The lowest BCUT2D eigenvalue weighted by atomic mass is 10.1. The Balaban J connectivity index is 0.00000280. The first kappa shape index (κ1) is 22.3. The summed E-state index contributed by atoms with van der Waals surface area (Å²) in [6.07, 6.45) is 5.24. The van der Waals surface area contributed by atoms with Gasteiger partial charge in [0, 0.05) is 38.2 Å². The summed E-state index contributed by atoms with van der Waals surface area (Å²) in [5.74, 6) is 1.97. The number of piperidine rings is 1. The van der Waals surface area contributed by atoms with Gasteiger partial charge in [0.15, 0.2) is 5.96 Å². The van der Waals surface area contributed by atoms with Crippen LogP contribution >= 0.6 is 24.0 Å². The molecule has 0 unspecified atom stereocenters. The van der Waals surface area contributed by atoms with Crippen LogP contribution in [0.4, 0.5) is 5.69 Å². The number of aliphatic imine (C=N–C) groups is 1. The molecule has 7 heteroatoms. The smallest absolute Gasteiger partial charge is 0.226 e. The van der Waals surface area contributed by atoms with E-state index in [1.807, 2.05) is 48.2 Å². The molecule has 1 aliphatic rings. The number of hydrogen-bond donors (Lipinski definition) is 2. The maximum absolute atomic E-state index is 12.0. The largest absolute Gasteiger partial charge is 0.469 e. The predicted molar refractivity (Wildman–Crippen MR) is 123 cm³/mol. The number of guanidine groups is 1. The molecule has 1 aromatic heterocycles. The normalized spacial score (nSPS) is 14.5. The van der Waals surface area contributed by atoms with Crippen molar-refractivity contribution in [1.29, 1.82) is 0 Å². The minimum atomic E-state index is 0. The zero-order valence-electron chi connectivity index (χ0n) is 16.3. The first-order chi connectivity index (χ1) is 13.3. The highest BCUT2D eigenvalue weighted by Gasteiger charge is 2.19. The third kappa shape index (κ3) is 6.54. The summed E-state index contributed by atoms with van der Waals surface area (Å²) in [5, 5.41) is 6.58. The summed E-state index contributed by atoms with van der Waals surface area (Å²) in [5.41, 5.74) is 2.10. The molecule has 0 spiro atoms. The Morgan fingerprint density at radius 1 is 1.18 bits per heavy atom. The maximum Gasteiger partial charge on any atom is 0.226 e. The van der Waals surface area contributed by atoms with E-state index in [0.717, 1.165) is 61.9 Å². The molecular formula is C21H29IN4O2. The number of nitrogens with zero attached hydrogens (tertiary/aromatic N) is 2. The molecule has 0 saturated carbocycles. The predicted octanol–water partition coefficient (Wildman–Crippen LogP) is 3.71. The number of amides is 1. The molecule has 1 fully saturated rings. The molecule has 0 radical (unpaired) electrons. The highest BCUT2D eigenvalue weighted by Crippen LogP contribution is 2.21. The highest BCUT2D eigenvalue weighted by molar-refractivity contribution is 14.0. The van der Waals surface area contributed by atoms with E-state index in [1.54, 1.807) is 6.26 Å². The summed E-state index contributed by atoms with van der Waals surface area (Å²) >= 11 is 0. The van der Waals surface area contributed by atoms with E-state index in [-0.39, 0.29) is 29.9 Å². The van der Waals surface area contributed by atoms with Crippen molar-refractivity contribution in [2.24, 2.45) is 4.99 Å². The highest BCUT2D eigenvalue weighted by atomic mass is 127. The zero-order valence-corrected chi connectivity index (χ0v) is 18.6. The third-order valence-corrected chi connectivity index (χ3v) is 4.58. The molecule has 2 aromatic rings. The fourth-order valence-electron chi connectivity index (χ4n) is 3.13. The topological polar surface area (TPSA) is 69.9 Å². The van der Waals surface area contributed by atoms with Gasteiger partial charge in [0.1, 0.15) is 5.76 Å². The molecule has 3 rings (SSSR count). The van der Waals surface area contributed by atoms with Crippen molar-refractivity contribution in [2.75, 3.05) is 24.5 Å². The Morgan fingerprint density at radius 2 is 2.00 bits per heavy atom. The van der Waals surface area contributed by atoms with Crippen molar-refractivity contribution in [3.05, 3.63) is 54.0 Å². The number of nitrogens with one attached hydrogen (secondary N) is 2. The van der Waals surface area contributed by atoms with Gasteiger partial charge in [-0.25, -0.2) is 4.99 Å². The number of benzene rings is 1. The molecule has 152 valence electrons. The van der Waals surface area contributed by atoms with Crippen molar-refractivity contribution in [2.45, 2.75) is 39.2 Å². The van der Waals surface area contributed by atoms with Gasteiger partial charge in [0.25, 0.3) is 0 Å². The van der Waals surface area contributed by atoms with Gasteiger partial charge in [-0.2, -0.15) is 0 Å². The number of rotatable bonds is 7. The van der Waals surface area contributed by atoms with Crippen LogP contribution in [0.5, 0.6) is 0 Å². The van der Waals surface area contributed by atoms with Crippen molar-refractivity contribution in [3.63, 3.8) is 0 Å². The number of furan rings is 1. The fraction of sp³-hybridized carbons (Fsp3) is 0.429. The first-order valence-electron chi connectivity index (χ1n) is 9.70.